The summed E-state index contributed by atoms with van der Waals surface area (Å²) in [5, 5.41) is 4.89. The number of carbonyl (C=O) groups is 2. The second-order valence-corrected chi connectivity index (χ2v) is 7.29. The molecular formula is C23H18Cl2N2O4. The third-order valence-electron chi connectivity index (χ3n) is 4.02. The molecule has 0 unspecified atom stereocenters. The molecule has 3 rings (SSSR count). The van der Waals surface area contributed by atoms with Crippen LogP contribution in [0, 0.1) is 0 Å². The molecule has 0 bridgehead atoms. The van der Waals surface area contributed by atoms with E-state index in [1.54, 1.807) is 73.7 Å². The van der Waals surface area contributed by atoms with Crippen molar-refractivity contribution in [3.8, 4) is 11.5 Å². The van der Waals surface area contributed by atoms with Crippen LogP contribution in [0.3, 0.4) is 0 Å². The number of carbonyl (C=O) groups excluding carboxylic acids is 2. The molecule has 8 heteroatoms. The predicted molar refractivity (Wildman–Crippen MR) is 120 cm³/mol. The Morgan fingerprint density at radius 1 is 0.935 bits per heavy atom. The number of hydrogen-bond donors (Lipinski definition) is 1. The van der Waals surface area contributed by atoms with Crippen molar-refractivity contribution in [2.75, 3.05) is 0 Å². The zero-order valence-corrected chi connectivity index (χ0v) is 17.9. The zero-order valence-electron chi connectivity index (χ0n) is 16.4. The van der Waals surface area contributed by atoms with E-state index in [1.807, 2.05) is 0 Å². The summed E-state index contributed by atoms with van der Waals surface area (Å²) in [5.74, 6) is -0.0649. The van der Waals surface area contributed by atoms with Gasteiger partial charge in [-0.05, 0) is 73.2 Å². The quantitative estimate of drug-likeness (QED) is 0.231. The van der Waals surface area contributed by atoms with Gasteiger partial charge in [-0.25, -0.2) is 10.2 Å². The number of benzene rings is 3. The fourth-order valence-corrected chi connectivity index (χ4v) is 2.83. The van der Waals surface area contributed by atoms with Crippen LogP contribution in [0.15, 0.2) is 77.9 Å². The summed E-state index contributed by atoms with van der Waals surface area (Å²) in [6.45, 7) is 1.61. The SMILES string of the molecule is C[C@H](Oc1cccc(Cl)c1)C(=O)N/N=C\c1ccc(OC(=O)c2cccc(Cl)c2)cc1. The molecule has 0 saturated heterocycles. The fourth-order valence-electron chi connectivity index (χ4n) is 2.46. The third-order valence-corrected chi connectivity index (χ3v) is 4.49. The maximum atomic E-state index is 12.1. The fraction of sp³-hybridized carbons (Fsp3) is 0.0870. The van der Waals surface area contributed by atoms with Gasteiger partial charge < -0.3 is 9.47 Å². The monoisotopic (exact) mass is 456 g/mol. The summed E-state index contributed by atoms with van der Waals surface area (Å²) in [6.07, 6.45) is 0.705. The molecule has 0 aliphatic heterocycles. The van der Waals surface area contributed by atoms with Crippen molar-refractivity contribution in [3.63, 3.8) is 0 Å². The lowest BCUT2D eigenvalue weighted by atomic mass is 10.2. The maximum Gasteiger partial charge on any atom is 0.343 e. The highest BCUT2D eigenvalue weighted by molar-refractivity contribution is 6.31. The van der Waals surface area contributed by atoms with Gasteiger partial charge in [-0.2, -0.15) is 5.10 Å². The molecule has 0 spiro atoms. The second-order valence-electron chi connectivity index (χ2n) is 6.42. The summed E-state index contributed by atoms with van der Waals surface area (Å²) in [6, 6.07) is 19.9. The molecule has 1 amide bonds. The molecule has 3 aromatic rings. The highest BCUT2D eigenvalue weighted by atomic mass is 35.5. The Balaban J connectivity index is 1.51. The Morgan fingerprint density at radius 3 is 2.29 bits per heavy atom. The van der Waals surface area contributed by atoms with Crippen molar-refractivity contribution < 1.29 is 19.1 Å². The molecule has 3 aromatic carbocycles. The molecule has 0 aliphatic carbocycles. The Bertz CT molecular complexity index is 1100. The van der Waals surface area contributed by atoms with Crippen molar-refractivity contribution in [2.45, 2.75) is 13.0 Å². The standard InChI is InChI=1S/C23H18Cl2N2O4/c1-15(30-21-7-3-6-19(25)13-21)22(28)27-26-14-16-8-10-20(11-9-16)31-23(29)17-4-2-5-18(24)12-17/h2-15H,1H3,(H,27,28)/b26-14-/t15-/m0/s1. The van der Waals surface area contributed by atoms with Gasteiger partial charge in [0.05, 0.1) is 11.8 Å². The first-order valence-electron chi connectivity index (χ1n) is 9.23. The van der Waals surface area contributed by atoms with Gasteiger partial charge in [0.15, 0.2) is 6.10 Å². The lowest BCUT2D eigenvalue weighted by Gasteiger charge is -2.12. The first kappa shape index (κ1) is 22.3. The van der Waals surface area contributed by atoms with Crippen LogP contribution in [0.1, 0.15) is 22.8 Å². The minimum atomic E-state index is -0.760. The lowest BCUT2D eigenvalue weighted by molar-refractivity contribution is -0.127. The minimum Gasteiger partial charge on any atom is -0.481 e. The van der Waals surface area contributed by atoms with Crippen LogP contribution >= 0.6 is 23.2 Å². The molecule has 1 atom stereocenters. The van der Waals surface area contributed by atoms with E-state index in [-0.39, 0.29) is 0 Å². The van der Waals surface area contributed by atoms with Crippen LogP contribution in [0.2, 0.25) is 10.0 Å². The van der Waals surface area contributed by atoms with Gasteiger partial charge in [0.2, 0.25) is 0 Å². The number of amides is 1. The molecular weight excluding hydrogens is 439 g/mol. The number of ether oxygens (including phenoxy) is 2. The molecule has 31 heavy (non-hydrogen) atoms. The number of hydrogen-bond acceptors (Lipinski definition) is 5. The van der Waals surface area contributed by atoms with Gasteiger partial charge >= 0.3 is 5.97 Å². The van der Waals surface area contributed by atoms with Gasteiger partial charge in [0, 0.05) is 10.0 Å². The molecule has 0 aliphatic rings. The average molecular weight is 457 g/mol. The molecule has 0 heterocycles. The largest absolute Gasteiger partial charge is 0.481 e. The van der Waals surface area contributed by atoms with Crippen LogP contribution in [0.25, 0.3) is 0 Å². The average Bonchev–Trinajstić information content (AvgIpc) is 2.75. The molecule has 1 N–H and O–H groups in total. The summed E-state index contributed by atoms with van der Waals surface area (Å²) in [5.41, 5.74) is 3.47. The summed E-state index contributed by atoms with van der Waals surface area (Å²) < 4.78 is 10.8. The van der Waals surface area contributed by atoms with Crippen molar-refractivity contribution in [2.24, 2.45) is 5.10 Å². The number of hydrazone groups is 1. The maximum absolute atomic E-state index is 12.1. The van der Waals surface area contributed by atoms with Gasteiger partial charge in [-0.1, -0.05) is 35.3 Å². The smallest absolute Gasteiger partial charge is 0.343 e. The van der Waals surface area contributed by atoms with Crippen molar-refractivity contribution in [1.29, 1.82) is 0 Å². The molecule has 158 valence electrons. The molecule has 0 radical (unpaired) electrons. The highest BCUT2D eigenvalue weighted by Crippen LogP contribution is 2.18. The van der Waals surface area contributed by atoms with Gasteiger partial charge in [-0.3, -0.25) is 4.79 Å². The molecule has 0 aromatic heterocycles. The predicted octanol–water partition coefficient (Wildman–Crippen LogP) is 5.13. The van der Waals surface area contributed by atoms with Crippen molar-refractivity contribution in [1.82, 2.24) is 5.43 Å². The van der Waals surface area contributed by atoms with Crippen LogP contribution in [0.4, 0.5) is 0 Å². The highest BCUT2D eigenvalue weighted by Gasteiger charge is 2.14. The first-order chi connectivity index (χ1) is 14.9. The summed E-state index contributed by atoms with van der Waals surface area (Å²) in [4.78, 5) is 24.2. The second kappa shape index (κ2) is 10.6. The number of rotatable bonds is 7. The van der Waals surface area contributed by atoms with Crippen LogP contribution in [-0.2, 0) is 4.79 Å². The molecule has 0 fully saturated rings. The Kier molecular flexibility index (Phi) is 7.65. The van der Waals surface area contributed by atoms with Crippen molar-refractivity contribution in [3.05, 3.63) is 94.0 Å². The number of nitrogens with zero attached hydrogens (tertiary/aromatic N) is 1. The van der Waals surface area contributed by atoms with E-state index in [9.17, 15) is 9.59 Å². The number of nitrogens with one attached hydrogen (secondary N) is 1. The Hall–Kier alpha value is -3.35. The summed E-state index contributed by atoms with van der Waals surface area (Å²) >= 11 is 11.8. The van der Waals surface area contributed by atoms with Crippen LogP contribution < -0.4 is 14.9 Å². The van der Waals surface area contributed by atoms with E-state index in [1.165, 1.54) is 12.3 Å². The normalized spacial score (nSPS) is 11.7. The molecule has 6 nitrogen and oxygen atoms in total. The molecule has 0 saturated carbocycles. The van der Waals surface area contributed by atoms with E-state index >= 15 is 0 Å². The number of halogens is 2. The van der Waals surface area contributed by atoms with Gasteiger partial charge in [-0.15, -0.1) is 0 Å². The van der Waals surface area contributed by atoms with E-state index in [0.29, 0.717) is 32.7 Å². The Labute approximate surface area is 189 Å². The van der Waals surface area contributed by atoms with E-state index in [0.717, 1.165) is 0 Å². The summed E-state index contributed by atoms with van der Waals surface area (Å²) in [7, 11) is 0. The topological polar surface area (TPSA) is 77.0 Å². The van der Waals surface area contributed by atoms with E-state index < -0.39 is 18.0 Å². The minimum absolute atomic E-state index is 0.356. The first-order valence-corrected chi connectivity index (χ1v) is 9.99. The van der Waals surface area contributed by atoms with E-state index in [4.69, 9.17) is 32.7 Å². The Morgan fingerprint density at radius 2 is 1.61 bits per heavy atom. The van der Waals surface area contributed by atoms with Gasteiger partial charge in [0.1, 0.15) is 11.5 Å². The third kappa shape index (κ3) is 6.84. The lowest BCUT2D eigenvalue weighted by Crippen LogP contribution is -2.33. The zero-order chi connectivity index (χ0) is 22.2. The van der Waals surface area contributed by atoms with Crippen LogP contribution in [-0.4, -0.2) is 24.2 Å². The number of esters is 1. The van der Waals surface area contributed by atoms with Crippen molar-refractivity contribution >= 4 is 41.3 Å². The van der Waals surface area contributed by atoms with Gasteiger partial charge in [0.25, 0.3) is 5.91 Å². The van der Waals surface area contributed by atoms with E-state index in [2.05, 4.69) is 10.5 Å². The van der Waals surface area contributed by atoms with Crippen LogP contribution in [0.5, 0.6) is 11.5 Å².